The summed E-state index contributed by atoms with van der Waals surface area (Å²) in [5, 5.41) is -0.449. The molecule has 1 amide bonds. The summed E-state index contributed by atoms with van der Waals surface area (Å²) in [5.74, 6) is 0.0516. The normalized spacial score (nSPS) is 17.6. The minimum atomic E-state index is -3.46. The van der Waals surface area contributed by atoms with Crippen molar-refractivity contribution in [2.24, 2.45) is 5.92 Å². The average Bonchev–Trinajstić information content (AvgIpc) is 2.70. The maximum Gasteiger partial charge on any atom is 0.237 e. The third kappa shape index (κ3) is 4.30. The fourth-order valence-corrected chi connectivity index (χ4v) is 3.93. The topological polar surface area (TPSA) is 63.2 Å². The van der Waals surface area contributed by atoms with E-state index in [9.17, 15) is 13.2 Å². The van der Waals surface area contributed by atoms with E-state index in [1.807, 2.05) is 13.8 Å². The van der Waals surface area contributed by atoms with E-state index in [2.05, 4.69) is 4.72 Å². The predicted molar refractivity (Wildman–Crippen MR) is 68.0 cm³/mol. The molecule has 100 valence electrons. The highest BCUT2D eigenvalue weighted by Gasteiger charge is 2.26. The quantitative estimate of drug-likeness (QED) is 0.797. The van der Waals surface area contributed by atoms with E-state index in [1.165, 1.54) is 0 Å². The molecule has 0 aliphatic heterocycles. The molecule has 0 saturated heterocycles. The van der Waals surface area contributed by atoms with Gasteiger partial charge in [0.1, 0.15) is 0 Å². The molecule has 0 aromatic carbocycles. The number of nitrogens with one attached hydrogen (secondary N) is 1. The van der Waals surface area contributed by atoms with Crippen molar-refractivity contribution in [3.63, 3.8) is 0 Å². The number of amides is 1. The minimum absolute atomic E-state index is 0.330. The fourth-order valence-electron chi connectivity index (χ4n) is 2.49. The molecular weight excluding hydrogens is 238 g/mol. The minimum Gasteiger partial charge on any atom is -0.274 e. The first kappa shape index (κ1) is 14.5. The van der Waals surface area contributed by atoms with Gasteiger partial charge >= 0.3 is 0 Å². The Morgan fingerprint density at radius 2 is 1.76 bits per heavy atom. The zero-order valence-electron chi connectivity index (χ0n) is 10.7. The largest absolute Gasteiger partial charge is 0.274 e. The smallest absolute Gasteiger partial charge is 0.237 e. The summed E-state index contributed by atoms with van der Waals surface area (Å²) in [6, 6.07) is 0. The maximum absolute atomic E-state index is 11.8. The Hall–Kier alpha value is -0.580. The second-order valence-corrected chi connectivity index (χ2v) is 6.82. The van der Waals surface area contributed by atoms with Gasteiger partial charge in [-0.15, -0.1) is 0 Å². The first-order valence-electron chi connectivity index (χ1n) is 6.54. The SMILES string of the molecule is CCC(CC)S(=O)(=O)NC(=O)CC1CCCC1. The van der Waals surface area contributed by atoms with Crippen molar-refractivity contribution in [2.45, 2.75) is 64.0 Å². The second-order valence-electron chi connectivity index (χ2n) is 4.86. The summed E-state index contributed by atoms with van der Waals surface area (Å²) in [5.41, 5.74) is 0. The molecule has 0 radical (unpaired) electrons. The van der Waals surface area contributed by atoms with Crippen LogP contribution >= 0.6 is 0 Å². The van der Waals surface area contributed by atoms with Gasteiger partial charge < -0.3 is 0 Å². The van der Waals surface area contributed by atoms with Crippen molar-refractivity contribution < 1.29 is 13.2 Å². The van der Waals surface area contributed by atoms with Crippen molar-refractivity contribution in [3.05, 3.63) is 0 Å². The zero-order chi connectivity index (χ0) is 12.9. The third-order valence-electron chi connectivity index (χ3n) is 3.55. The highest BCUT2D eigenvalue weighted by atomic mass is 32.2. The van der Waals surface area contributed by atoms with E-state index >= 15 is 0 Å². The van der Waals surface area contributed by atoms with E-state index in [-0.39, 0.29) is 5.91 Å². The summed E-state index contributed by atoms with van der Waals surface area (Å²) in [6.07, 6.45) is 5.88. The molecule has 1 aliphatic rings. The Kier molecular flexibility index (Phi) is 5.43. The van der Waals surface area contributed by atoms with Crippen LogP contribution in [0.15, 0.2) is 0 Å². The number of hydrogen-bond donors (Lipinski definition) is 1. The molecule has 1 fully saturated rings. The summed E-state index contributed by atoms with van der Waals surface area (Å²) >= 11 is 0. The molecule has 0 bridgehead atoms. The van der Waals surface area contributed by atoms with Gasteiger partial charge in [0.2, 0.25) is 15.9 Å². The Morgan fingerprint density at radius 1 is 1.24 bits per heavy atom. The van der Waals surface area contributed by atoms with Gasteiger partial charge in [0.05, 0.1) is 5.25 Å². The summed E-state index contributed by atoms with van der Waals surface area (Å²) in [6.45, 7) is 3.66. The van der Waals surface area contributed by atoms with Crippen molar-refractivity contribution in [1.82, 2.24) is 4.72 Å². The molecule has 0 atom stereocenters. The lowest BCUT2D eigenvalue weighted by molar-refractivity contribution is -0.120. The summed E-state index contributed by atoms with van der Waals surface area (Å²) in [4.78, 5) is 11.7. The molecular formula is C12H23NO3S. The van der Waals surface area contributed by atoms with Crippen LogP contribution in [0.5, 0.6) is 0 Å². The molecule has 0 spiro atoms. The number of rotatable bonds is 6. The van der Waals surface area contributed by atoms with Crippen LogP contribution in [-0.2, 0) is 14.8 Å². The van der Waals surface area contributed by atoms with Gasteiger partial charge in [0.15, 0.2) is 0 Å². The molecule has 0 aromatic heterocycles. The van der Waals surface area contributed by atoms with Crippen molar-refractivity contribution in [2.75, 3.05) is 0 Å². The predicted octanol–water partition coefficient (Wildman–Crippen LogP) is 2.20. The van der Waals surface area contributed by atoms with Crippen LogP contribution in [0.25, 0.3) is 0 Å². The van der Waals surface area contributed by atoms with Gasteiger partial charge in [-0.1, -0.05) is 26.7 Å². The van der Waals surface area contributed by atoms with Gasteiger partial charge in [-0.05, 0) is 31.6 Å². The molecule has 5 heteroatoms. The average molecular weight is 261 g/mol. The zero-order valence-corrected chi connectivity index (χ0v) is 11.6. The molecule has 0 aromatic rings. The molecule has 0 heterocycles. The lowest BCUT2D eigenvalue weighted by Gasteiger charge is -2.15. The van der Waals surface area contributed by atoms with E-state index in [0.717, 1.165) is 25.7 Å². The van der Waals surface area contributed by atoms with Gasteiger partial charge in [0, 0.05) is 6.42 Å². The standard InChI is InChI=1S/C12H23NO3S/c1-3-11(4-2)17(15,16)13-12(14)9-10-7-5-6-8-10/h10-11H,3-9H2,1-2H3,(H,13,14). The Morgan fingerprint density at radius 3 is 2.24 bits per heavy atom. The van der Waals surface area contributed by atoms with Crippen molar-refractivity contribution in [3.8, 4) is 0 Å². The Bertz CT molecular complexity index is 341. The van der Waals surface area contributed by atoms with Gasteiger partial charge in [-0.25, -0.2) is 8.42 Å². The second kappa shape index (κ2) is 6.38. The lowest BCUT2D eigenvalue weighted by atomic mass is 10.0. The first-order chi connectivity index (χ1) is 7.99. The Balaban J connectivity index is 2.48. The number of hydrogen-bond acceptors (Lipinski definition) is 3. The molecule has 1 rings (SSSR count). The third-order valence-corrected chi connectivity index (χ3v) is 5.61. The van der Waals surface area contributed by atoms with Crippen LogP contribution in [0.3, 0.4) is 0 Å². The molecule has 0 unspecified atom stereocenters. The van der Waals surface area contributed by atoms with Crippen molar-refractivity contribution in [1.29, 1.82) is 0 Å². The van der Waals surface area contributed by atoms with Crippen LogP contribution in [-0.4, -0.2) is 19.6 Å². The lowest BCUT2D eigenvalue weighted by Crippen LogP contribution is -2.38. The monoisotopic (exact) mass is 261 g/mol. The van der Waals surface area contributed by atoms with Crippen LogP contribution in [0, 0.1) is 5.92 Å². The Labute approximate surface area is 104 Å². The number of sulfonamides is 1. The van der Waals surface area contributed by atoms with Crippen LogP contribution in [0.4, 0.5) is 0 Å². The summed E-state index contributed by atoms with van der Waals surface area (Å²) < 4.78 is 25.9. The van der Waals surface area contributed by atoms with E-state index in [1.54, 1.807) is 0 Å². The first-order valence-corrected chi connectivity index (χ1v) is 8.08. The molecule has 1 N–H and O–H groups in total. The highest BCUT2D eigenvalue weighted by Crippen LogP contribution is 2.27. The van der Waals surface area contributed by atoms with Crippen LogP contribution in [0.1, 0.15) is 58.8 Å². The van der Waals surface area contributed by atoms with Gasteiger partial charge in [-0.3, -0.25) is 9.52 Å². The van der Waals surface area contributed by atoms with Crippen molar-refractivity contribution >= 4 is 15.9 Å². The maximum atomic E-state index is 11.8. The molecule has 4 nitrogen and oxygen atoms in total. The highest BCUT2D eigenvalue weighted by molar-refractivity contribution is 7.90. The molecule has 17 heavy (non-hydrogen) atoms. The number of carbonyl (C=O) groups is 1. The molecule has 1 aliphatic carbocycles. The van der Waals surface area contributed by atoms with E-state index < -0.39 is 15.3 Å². The number of carbonyl (C=O) groups excluding carboxylic acids is 1. The van der Waals surface area contributed by atoms with Crippen LogP contribution in [0.2, 0.25) is 0 Å². The van der Waals surface area contributed by atoms with Gasteiger partial charge in [-0.2, -0.15) is 0 Å². The van der Waals surface area contributed by atoms with Crippen LogP contribution < -0.4 is 4.72 Å². The molecule has 1 saturated carbocycles. The van der Waals surface area contributed by atoms with E-state index in [0.29, 0.717) is 25.2 Å². The fraction of sp³-hybridized carbons (Fsp3) is 0.917. The van der Waals surface area contributed by atoms with Gasteiger partial charge in [0.25, 0.3) is 0 Å². The summed E-state index contributed by atoms with van der Waals surface area (Å²) in [7, 11) is -3.46. The van der Waals surface area contributed by atoms with E-state index in [4.69, 9.17) is 0 Å².